The number of halogens is 5. The monoisotopic (exact) mass is 319 g/mol. The van der Waals surface area contributed by atoms with Crippen molar-refractivity contribution in [2.45, 2.75) is 18.9 Å². The Kier molecular flexibility index (Phi) is 6.68. The first-order valence-electron chi connectivity index (χ1n) is 3.99. The predicted molar refractivity (Wildman–Crippen MR) is 63.9 cm³/mol. The Hall–Kier alpha value is 0.1000. The molecule has 0 amide bonds. The van der Waals surface area contributed by atoms with Crippen LogP contribution in [-0.2, 0) is 0 Å². The Morgan fingerprint density at radius 1 is 1.40 bits per heavy atom. The van der Waals surface area contributed by atoms with Crippen LogP contribution >= 0.6 is 39.9 Å². The summed E-state index contributed by atoms with van der Waals surface area (Å²) in [6, 6.07) is 4.30. The summed E-state index contributed by atoms with van der Waals surface area (Å²) >= 11 is 8.96. The van der Waals surface area contributed by atoms with Crippen LogP contribution < -0.4 is 5.73 Å². The summed E-state index contributed by atoms with van der Waals surface area (Å²) in [7, 11) is 0. The zero-order chi connectivity index (χ0) is 10.7. The molecule has 0 unspecified atom stereocenters. The van der Waals surface area contributed by atoms with Crippen LogP contribution in [0.25, 0.3) is 0 Å². The van der Waals surface area contributed by atoms with Crippen molar-refractivity contribution in [1.29, 1.82) is 0 Å². The summed E-state index contributed by atoms with van der Waals surface area (Å²) in [4.78, 5) is 0. The first-order chi connectivity index (χ1) is 6.50. The number of alkyl halides is 2. The first kappa shape index (κ1) is 15.1. The third-order valence-electron chi connectivity index (χ3n) is 1.80. The summed E-state index contributed by atoms with van der Waals surface area (Å²) in [5.41, 5.74) is 6.23. The Bertz CT molecular complexity index is 323. The van der Waals surface area contributed by atoms with Crippen molar-refractivity contribution >= 4 is 39.9 Å². The van der Waals surface area contributed by atoms with Gasteiger partial charge >= 0.3 is 0 Å². The van der Waals surface area contributed by atoms with E-state index in [0.717, 1.165) is 0 Å². The number of rotatable bonds is 3. The van der Waals surface area contributed by atoms with Gasteiger partial charge in [-0.15, -0.1) is 12.4 Å². The summed E-state index contributed by atoms with van der Waals surface area (Å²) in [6.07, 6.45) is -2.73. The molecule has 0 saturated heterocycles. The van der Waals surface area contributed by atoms with Crippen LogP contribution in [0.4, 0.5) is 8.78 Å². The van der Waals surface area contributed by atoms with E-state index in [2.05, 4.69) is 15.9 Å². The summed E-state index contributed by atoms with van der Waals surface area (Å²) in [5, 5.41) is 0.540. The maximum atomic E-state index is 12.0. The third kappa shape index (κ3) is 4.64. The molecule has 0 radical (unpaired) electrons. The quantitative estimate of drug-likeness (QED) is 0.888. The van der Waals surface area contributed by atoms with E-state index in [-0.39, 0.29) is 18.8 Å². The van der Waals surface area contributed by atoms with Crippen LogP contribution in [0, 0.1) is 0 Å². The summed E-state index contributed by atoms with van der Waals surface area (Å²) < 4.78 is 24.7. The molecule has 0 aliphatic rings. The maximum Gasteiger partial charge on any atom is 0.240 e. The molecule has 0 bridgehead atoms. The van der Waals surface area contributed by atoms with Gasteiger partial charge < -0.3 is 5.73 Å². The van der Waals surface area contributed by atoms with Crippen molar-refractivity contribution in [3.05, 3.63) is 33.3 Å². The average molecular weight is 321 g/mol. The molecule has 2 N–H and O–H groups in total. The van der Waals surface area contributed by atoms with Gasteiger partial charge in [0.05, 0.1) is 5.02 Å². The molecular weight excluding hydrogens is 311 g/mol. The predicted octanol–water partition coefficient (Wildman–Crippen LogP) is 4.18. The second-order valence-electron chi connectivity index (χ2n) is 2.91. The minimum atomic E-state index is -2.39. The minimum absolute atomic E-state index is 0. The third-order valence-corrected chi connectivity index (χ3v) is 3.02. The van der Waals surface area contributed by atoms with Gasteiger partial charge in [0, 0.05) is 16.9 Å². The molecule has 0 aliphatic carbocycles. The van der Waals surface area contributed by atoms with E-state index in [1.165, 1.54) is 0 Å². The van der Waals surface area contributed by atoms with Crippen LogP contribution in [0.3, 0.4) is 0 Å². The van der Waals surface area contributed by atoms with Crippen molar-refractivity contribution in [2.75, 3.05) is 0 Å². The standard InChI is InChI=1S/C9H9BrClF2N.ClH/c10-6-3-5(1-2-7(6)11)8(14)4-9(12)13;/h1-3,8-9H,4,14H2;1H/t8-;/m1./s1. The fourth-order valence-corrected chi connectivity index (χ4v) is 1.59. The molecule has 86 valence electrons. The molecular formula is C9H10BrCl2F2N. The van der Waals surface area contributed by atoms with Crippen LogP contribution in [0.15, 0.2) is 22.7 Å². The molecule has 0 aliphatic heterocycles. The van der Waals surface area contributed by atoms with Gasteiger partial charge in [0.2, 0.25) is 6.43 Å². The highest BCUT2D eigenvalue weighted by Gasteiger charge is 2.13. The number of nitrogens with two attached hydrogens (primary N) is 1. The van der Waals surface area contributed by atoms with E-state index >= 15 is 0 Å². The molecule has 6 heteroatoms. The van der Waals surface area contributed by atoms with E-state index < -0.39 is 12.5 Å². The Balaban J connectivity index is 0.00000196. The first-order valence-corrected chi connectivity index (χ1v) is 5.16. The van der Waals surface area contributed by atoms with E-state index in [4.69, 9.17) is 17.3 Å². The topological polar surface area (TPSA) is 26.0 Å². The molecule has 0 saturated carbocycles. The lowest BCUT2D eigenvalue weighted by molar-refractivity contribution is 0.128. The highest BCUT2D eigenvalue weighted by Crippen LogP contribution is 2.27. The van der Waals surface area contributed by atoms with Gasteiger partial charge in [0.25, 0.3) is 0 Å². The number of hydrogen-bond acceptors (Lipinski definition) is 1. The van der Waals surface area contributed by atoms with Gasteiger partial charge in [-0.2, -0.15) is 0 Å². The van der Waals surface area contributed by atoms with Crippen LogP contribution in [0.5, 0.6) is 0 Å². The molecule has 0 heterocycles. The fraction of sp³-hybridized carbons (Fsp3) is 0.333. The van der Waals surface area contributed by atoms with E-state index in [1.54, 1.807) is 18.2 Å². The Labute approximate surface area is 107 Å². The maximum absolute atomic E-state index is 12.0. The zero-order valence-corrected chi connectivity index (χ0v) is 10.7. The van der Waals surface area contributed by atoms with Gasteiger partial charge in [0.15, 0.2) is 0 Å². The van der Waals surface area contributed by atoms with E-state index in [1.807, 2.05) is 0 Å². The molecule has 15 heavy (non-hydrogen) atoms. The largest absolute Gasteiger partial charge is 0.324 e. The average Bonchev–Trinajstić information content (AvgIpc) is 2.08. The molecule has 1 aromatic rings. The lowest BCUT2D eigenvalue weighted by Crippen LogP contribution is -2.13. The highest BCUT2D eigenvalue weighted by atomic mass is 79.9. The molecule has 1 rings (SSSR count). The smallest absolute Gasteiger partial charge is 0.240 e. The van der Waals surface area contributed by atoms with Crippen LogP contribution in [0.2, 0.25) is 5.02 Å². The molecule has 1 aromatic carbocycles. The van der Waals surface area contributed by atoms with Crippen LogP contribution in [0.1, 0.15) is 18.0 Å². The fourth-order valence-electron chi connectivity index (χ4n) is 1.07. The Morgan fingerprint density at radius 3 is 2.47 bits per heavy atom. The summed E-state index contributed by atoms with van der Waals surface area (Å²) in [6.45, 7) is 0. The molecule has 0 fully saturated rings. The van der Waals surface area contributed by atoms with Gasteiger partial charge in [-0.05, 0) is 33.6 Å². The van der Waals surface area contributed by atoms with Gasteiger partial charge in [-0.25, -0.2) is 8.78 Å². The van der Waals surface area contributed by atoms with Crippen molar-refractivity contribution in [1.82, 2.24) is 0 Å². The zero-order valence-electron chi connectivity index (χ0n) is 7.59. The Morgan fingerprint density at radius 2 is 2.00 bits per heavy atom. The lowest BCUT2D eigenvalue weighted by Gasteiger charge is -2.11. The van der Waals surface area contributed by atoms with E-state index in [0.29, 0.717) is 15.1 Å². The van der Waals surface area contributed by atoms with Gasteiger partial charge in [-0.3, -0.25) is 0 Å². The molecule has 0 spiro atoms. The number of benzene rings is 1. The van der Waals surface area contributed by atoms with Crippen molar-refractivity contribution < 1.29 is 8.78 Å². The second kappa shape index (κ2) is 6.63. The van der Waals surface area contributed by atoms with Crippen molar-refractivity contribution in [3.8, 4) is 0 Å². The van der Waals surface area contributed by atoms with Crippen LogP contribution in [-0.4, -0.2) is 6.43 Å². The van der Waals surface area contributed by atoms with Crippen molar-refractivity contribution in [3.63, 3.8) is 0 Å². The SMILES string of the molecule is Cl.N[C@H](CC(F)F)c1ccc(Cl)c(Br)c1. The summed E-state index contributed by atoms with van der Waals surface area (Å²) in [5.74, 6) is 0. The lowest BCUT2D eigenvalue weighted by atomic mass is 10.1. The second-order valence-corrected chi connectivity index (χ2v) is 4.17. The minimum Gasteiger partial charge on any atom is -0.324 e. The van der Waals surface area contributed by atoms with Gasteiger partial charge in [0.1, 0.15) is 0 Å². The van der Waals surface area contributed by atoms with Gasteiger partial charge in [-0.1, -0.05) is 17.7 Å². The highest BCUT2D eigenvalue weighted by molar-refractivity contribution is 9.10. The molecule has 0 aromatic heterocycles. The molecule has 1 nitrogen and oxygen atoms in total. The van der Waals surface area contributed by atoms with Crippen molar-refractivity contribution in [2.24, 2.45) is 5.73 Å². The molecule has 1 atom stereocenters. The van der Waals surface area contributed by atoms with E-state index in [9.17, 15) is 8.78 Å². The normalized spacial score (nSPS) is 12.4. The number of hydrogen-bond donors (Lipinski definition) is 1.